The Morgan fingerprint density at radius 3 is 1.86 bits per heavy atom. The first-order valence-electron chi connectivity index (χ1n) is 3.97. The highest BCUT2D eigenvalue weighted by Gasteiger charge is 2.02. The van der Waals surface area contributed by atoms with Gasteiger partial charge in [0, 0.05) is 13.8 Å². The molecule has 4 nitrogen and oxygen atoms in total. The molecule has 0 amide bonds. The van der Waals surface area contributed by atoms with Crippen LogP contribution in [0.15, 0.2) is 18.2 Å². The third-order valence-electron chi connectivity index (χ3n) is 1.25. The lowest BCUT2D eigenvalue weighted by atomic mass is 10.3. The molecule has 0 saturated heterocycles. The van der Waals surface area contributed by atoms with Crippen LogP contribution in [-0.2, 0) is 9.59 Å². The second-order valence-corrected chi connectivity index (χ2v) is 2.57. The number of ether oxygens (including phenoxy) is 2. The molecular formula is C10H9O4. The standard InChI is InChI=1S/C10H9O4/c1-7(11)13-9-4-3-5-10(6-9)14-8(2)12/h3-5H,1-2H3. The molecule has 0 atom stereocenters. The maximum Gasteiger partial charge on any atom is 0.308 e. The number of rotatable bonds is 2. The van der Waals surface area contributed by atoms with Crippen LogP contribution in [0.2, 0.25) is 0 Å². The second-order valence-electron chi connectivity index (χ2n) is 2.57. The highest BCUT2D eigenvalue weighted by atomic mass is 16.5. The number of esters is 2. The molecule has 0 spiro atoms. The first-order chi connectivity index (χ1) is 6.58. The van der Waals surface area contributed by atoms with E-state index >= 15 is 0 Å². The fraction of sp³-hybridized carbons (Fsp3) is 0.200. The summed E-state index contributed by atoms with van der Waals surface area (Å²) in [5.74, 6) is -0.421. The van der Waals surface area contributed by atoms with Gasteiger partial charge in [-0.25, -0.2) is 0 Å². The van der Waals surface area contributed by atoms with Gasteiger partial charge >= 0.3 is 11.9 Å². The van der Waals surface area contributed by atoms with E-state index in [4.69, 9.17) is 9.47 Å². The van der Waals surface area contributed by atoms with Crippen molar-refractivity contribution in [1.82, 2.24) is 0 Å². The van der Waals surface area contributed by atoms with E-state index in [1.54, 1.807) is 18.2 Å². The summed E-state index contributed by atoms with van der Waals surface area (Å²) >= 11 is 0. The molecule has 4 heteroatoms. The number of carbonyl (C=O) groups excluding carboxylic acids is 2. The van der Waals surface area contributed by atoms with Gasteiger partial charge in [-0.2, -0.15) is 0 Å². The fourth-order valence-corrected chi connectivity index (χ4v) is 0.856. The quantitative estimate of drug-likeness (QED) is 0.525. The largest absolute Gasteiger partial charge is 0.426 e. The Kier molecular flexibility index (Phi) is 3.23. The lowest BCUT2D eigenvalue weighted by molar-refractivity contribution is -0.132. The highest BCUT2D eigenvalue weighted by Crippen LogP contribution is 2.18. The molecule has 0 bridgehead atoms. The minimum absolute atomic E-state index is 0.233. The van der Waals surface area contributed by atoms with Gasteiger partial charge in [0.2, 0.25) is 0 Å². The fourth-order valence-electron chi connectivity index (χ4n) is 0.856. The first kappa shape index (κ1) is 10.2. The molecule has 0 N–H and O–H groups in total. The molecule has 1 rings (SSSR count). The van der Waals surface area contributed by atoms with Crippen molar-refractivity contribution >= 4 is 11.9 Å². The van der Waals surface area contributed by atoms with Gasteiger partial charge in [0.05, 0.1) is 6.07 Å². The van der Waals surface area contributed by atoms with Crippen LogP contribution in [0, 0.1) is 6.07 Å². The predicted molar refractivity (Wildman–Crippen MR) is 47.9 cm³/mol. The van der Waals surface area contributed by atoms with E-state index in [0.29, 0.717) is 0 Å². The minimum Gasteiger partial charge on any atom is -0.426 e. The summed E-state index contributed by atoms with van der Waals surface area (Å²) in [7, 11) is 0. The predicted octanol–water partition coefficient (Wildman–Crippen LogP) is 1.34. The zero-order valence-corrected chi connectivity index (χ0v) is 7.87. The van der Waals surface area contributed by atoms with E-state index in [9.17, 15) is 9.59 Å². The van der Waals surface area contributed by atoms with Gasteiger partial charge in [-0.05, 0) is 12.1 Å². The average molecular weight is 193 g/mol. The second kappa shape index (κ2) is 4.41. The van der Waals surface area contributed by atoms with Crippen LogP contribution in [0.4, 0.5) is 0 Å². The van der Waals surface area contributed by atoms with Crippen molar-refractivity contribution < 1.29 is 19.1 Å². The maximum absolute atomic E-state index is 10.6. The van der Waals surface area contributed by atoms with Crippen molar-refractivity contribution in [2.75, 3.05) is 0 Å². The molecule has 0 aliphatic carbocycles. The molecule has 0 aliphatic rings. The Hall–Kier alpha value is -1.84. The van der Waals surface area contributed by atoms with E-state index in [2.05, 4.69) is 6.07 Å². The van der Waals surface area contributed by atoms with Gasteiger partial charge in [0.25, 0.3) is 0 Å². The van der Waals surface area contributed by atoms with Gasteiger partial charge < -0.3 is 9.47 Å². The highest BCUT2D eigenvalue weighted by molar-refractivity contribution is 5.70. The third kappa shape index (κ3) is 3.26. The molecule has 0 heterocycles. The van der Waals surface area contributed by atoms with Crippen LogP contribution < -0.4 is 9.47 Å². The molecule has 1 radical (unpaired) electrons. The van der Waals surface area contributed by atoms with Crippen molar-refractivity contribution in [3.63, 3.8) is 0 Å². The average Bonchev–Trinajstić information content (AvgIpc) is 2.01. The Bertz CT molecular complexity index is 326. The van der Waals surface area contributed by atoms with E-state index < -0.39 is 11.9 Å². The summed E-state index contributed by atoms with van der Waals surface area (Å²) in [4.78, 5) is 21.2. The maximum atomic E-state index is 10.6. The lowest BCUT2D eigenvalue weighted by Crippen LogP contribution is -2.04. The molecular weight excluding hydrogens is 184 g/mol. The molecule has 0 unspecified atom stereocenters. The molecule has 1 aromatic rings. The van der Waals surface area contributed by atoms with E-state index in [1.165, 1.54) is 13.8 Å². The SMILES string of the molecule is CC(=O)Oc1[c]c(OC(C)=O)ccc1. The number of carbonyl (C=O) groups is 2. The van der Waals surface area contributed by atoms with Gasteiger partial charge in [-0.15, -0.1) is 0 Å². The smallest absolute Gasteiger partial charge is 0.308 e. The van der Waals surface area contributed by atoms with E-state index in [0.717, 1.165) is 0 Å². The monoisotopic (exact) mass is 193 g/mol. The van der Waals surface area contributed by atoms with Crippen LogP contribution in [0.3, 0.4) is 0 Å². The Morgan fingerprint density at radius 1 is 1.07 bits per heavy atom. The topological polar surface area (TPSA) is 52.6 Å². The van der Waals surface area contributed by atoms with Crippen molar-refractivity contribution in [2.45, 2.75) is 13.8 Å². The van der Waals surface area contributed by atoms with Crippen LogP contribution in [0.25, 0.3) is 0 Å². The molecule has 0 aromatic heterocycles. The molecule has 14 heavy (non-hydrogen) atoms. The lowest BCUT2D eigenvalue weighted by Gasteiger charge is -2.03. The first-order valence-corrected chi connectivity index (χ1v) is 3.97. The van der Waals surface area contributed by atoms with E-state index in [1.807, 2.05) is 0 Å². The summed E-state index contributed by atoms with van der Waals surface area (Å²) in [6, 6.07) is 7.33. The summed E-state index contributed by atoms with van der Waals surface area (Å²) in [6.07, 6.45) is 0. The summed E-state index contributed by atoms with van der Waals surface area (Å²) < 4.78 is 9.50. The van der Waals surface area contributed by atoms with Crippen LogP contribution in [0.5, 0.6) is 11.5 Å². The van der Waals surface area contributed by atoms with Crippen LogP contribution >= 0.6 is 0 Å². The molecule has 1 aromatic carbocycles. The number of benzene rings is 1. The Balaban J connectivity index is 2.78. The Labute approximate surface area is 81.4 Å². The summed E-state index contributed by atoms with van der Waals surface area (Å²) in [5, 5.41) is 0. The van der Waals surface area contributed by atoms with Gasteiger partial charge in [-0.3, -0.25) is 9.59 Å². The van der Waals surface area contributed by atoms with Crippen molar-refractivity contribution in [2.24, 2.45) is 0 Å². The van der Waals surface area contributed by atoms with Crippen LogP contribution in [-0.4, -0.2) is 11.9 Å². The minimum atomic E-state index is -0.443. The van der Waals surface area contributed by atoms with Crippen molar-refractivity contribution in [3.8, 4) is 11.5 Å². The Morgan fingerprint density at radius 2 is 1.50 bits per heavy atom. The zero-order chi connectivity index (χ0) is 10.6. The van der Waals surface area contributed by atoms with Crippen molar-refractivity contribution in [1.29, 1.82) is 0 Å². The summed E-state index contributed by atoms with van der Waals surface area (Å²) in [6.45, 7) is 2.57. The van der Waals surface area contributed by atoms with Gasteiger partial charge in [-0.1, -0.05) is 6.07 Å². The van der Waals surface area contributed by atoms with Gasteiger partial charge in [0.15, 0.2) is 0 Å². The van der Waals surface area contributed by atoms with Gasteiger partial charge in [0.1, 0.15) is 11.5 Å². The van der Waals surface area contributed by atoms with E-state index in [-0.39, 0.29) is 11.5 Å². The molecule has 0 fully saturated rings. The summed E-state index contributed by atoms with van der Waals surface area (Å²) in [5.41, 5.74) is 0. The van der Waals surface area contributed by atoms with Crippen molar-refractivity contribution in [3.05, 3.63) is 24.3 Å². The molecule has 0 aliphatic heterocycles. The number of hydrogen-bond acceptors (Lipinski definition) is 4. The molecule has 0 saturated carbocycles. The molecule has 73 valence electrons. The normalized spacial score (nSPS) is 9.29. The zero-order valence-electron chi connectivity index (χ0n) is 7.87. The third-order valence-corrected chi connectivity index (χ3v) is 1.25. The number of hydrogen-bond donors (Lipinski definition) is 0. The van der Waals surface area contributed by atoms with Crippen LogP contribution in [0.1, 0.15) is 13.8 Å².